The molecule has 1 atom stereocenters. The van der Waals surface area contributed by atoms with Gasteiger partial charge in [-0.15, -0.1) is 0 Å². The molecule has 1 fully saturated rings. The Kier molecular flexibility index (Phi) is 10.8. The molecule has 1 N–H and O–H groups in total. The number of nitrogens with one attached hydrogen (secondary N) is 1. The van der Waals surface area contributed by atoms with E-state index in [1.54, 1.807) is 35.2 Å². The number of amides is 2. The Morgan fingerprint density at radius 2 is 1.43 bits per heavy atom. The summed E-state index contributed by atoms with van der Waals surface area (Å²) >= 11 is 0. The van der Waals surface area contributed by atoms with Gasteiger partial charge in [-0.2, -0.15) is 0 Å². The van der Waals surface area contributed by atoms with Crippen LogP contribution in [-0.4, -0.2) is 43.8 Å². The highest BCUT2D eigenvalue weighted by Gasteiger charge is 2.36. The van der Waals surface area contributed by atoms with E-state index in [2.05, 4.69) is 5.32 Å². The normalized spacial score (nSPS) is 14.0. The average Bonchev–Trinajstić information content (AvgIpc) is 3.57. The third kappa shape index (κ3) is 8.30. The number of hydrogen-bond acceptors (Lipinski definition) is 4. The number of sulfonamides is 1. The highest BCUT2D eigenvalue weighted by atomic mass is 32.2. The maximum Gasteiger partial charge on any atom is 0.264 e. The van der Waals surface area contributed by atoms with Crippen LogP contribution in [0.25, 0.3) is 0 Å². The third-order valence-electron chi connectivity index (χ3n) is 9.10. The molecular formula is C39H45N3O4S. The van der Waals surface area contributed by atoms with Crippen molar-refractivity contribution in [1.29, 1.82) is 0 Å². The lowest BCUT2D eigenvalue weighted by atomic mass is 10.0. The molecule has 8 heteroatoms. The first-order valence-corrected chi connectivity index (χ1v) is 17.8. The SMILES string of the molecule is Cc1ccc(S(=O)(=O)N(CC(=O)N(Cc2ccccc2C)C(Cc2ccccc2)C(=O)NC2CCCC2)c2cc(C)ccc2C)cc1. The molecule has 0 heterocycles. The number of rotatable bonds is 12. The van der Waals surface area contributed by atoms with Crippen molar-refractivity contribution in [3.63, 3.8) is 0 Å². The van der Waals surface area contributed by atoms with Gasteiger partial charge in [0.1, 0.15) is 12.6 Å². The van der Waals surface area contributed by atoms with Crippen molar-refractivity contribution in [3.05, 3.63) is 130 Å². The maximum atomic E-state index is 14.8. The first-order chi connectivity index (χ1) is 22.5. The van der Waals surface area contributed by atoms with Crippen molar-refractivity contribution in [2.75, 3.05) is 10.8 Å². The first-order valence-electron chi connectivity index (χ1n) is 16.4. The Labute approximate surface area is 279 Å². The molecule has 4 aromatic carbocycles. The summed E-state index contributed by atoms with van der Waals surface area (Å²) in [5.41, 5.74) is 5.76. The number of carbonyl (C=O) groups excluding carboxylic acids is 2. The van der Waals surface area contributed by atoms with Crippen molar-refractivity contribution in [2.24, 2.45) is 0 Å². The monoisotopic (exact) mass is 651 g/mol. The summed E-state index contributed by atoms with van der Waals surface area (Å²) < 4.78 is 30.0. The Morgan fingerprint density at radius 1 is 0.787 bits per heavy atom. The molecule has 0 bridgehead atoms. The van der Waals surface area contributed by atoms with E-state index in [0.717, 1.165) is 59.1 Å². The zero-order valence-corrected chi connectivity index (χ0v) is 28.6. The molecule has 1 aliphatic carbocycles. The molecule has 5 rings (SSSR count). The third-order valence-corrected chi connectivity index (χ3v) is 10.9. The van der Waals surface area contributed by atoms with Crippen LogP contribution in [0.15, 0.2) is 102 Å². The molecule has 7 nitrogen and oxygen atoms in total. The minimum Gasteiger partial charge on any atom is -0.352 e. The summed E-state index contributed by atoms with van der Waals surface area (Å²) in [4.78, 5) is 30.7. The Bertz CT molecular complexity index is 1800. The molecule has 0 radical (unpaired) electrons. The fourth-order valence-corrected chi connectivity index (χ4v) is 7.70. The van der Waals surface area contributed by atoms with E-state index in [4.69, 9.17) is 0 Å². The molecule has 2 amide bonds. The summed E-state index contributed by atoms with van der Waals surface area (Å²) in [6.07, 6.45) is 4.23. The lowest BCUT2D eigenvalue weighted by molar-refractivity contribution is -0.140. The van der Waals surface area contributed by atoms with Gasteiger partial charge in [0.15, 0.2) is 0 Å². The van der Waals surface area contributed by atoms with Gasteiger partial charge < -0.3 is 10.2 Å². The number of nitrogens with zero attached hydrogens (tertiary/aromatic N) is 2. The summed E-state index contributed by atoms with van der Waals surface area (Å²) in [7, 11) is -4.16. The van der Waals surface area contributed by atoms with E-state index in [1.165, 1.54) is 4.31 Å². The minimum atomic E-state index is -4.16. The average molecular weight is 652 g/mol. The standard InChI is InChI=1S/C39H45N3O4S/c1-28-19-22-35(23-20-28)47(45,46)42(36-24-29(2)18-21-31(36)4)27-38(43)41(26-33-15-9-8-12-30(33)3)37(25-32-13-6-5-7-14-32)39(44)40-34-16-10-11-17-34/h5-9,12-15,18-24,34,37H,10-11,16-17,25-27H2,1-4H3,(H,40,44). The van der Waals surface area contributed by atoms with Crippen molar-refractivity contribution in [2.45, 2.75) is 83.3 Å². The first kappa shape index (κ1) is 33.9. The number of anilines is 1. The van der Waals surface area contributed by atoms with E-state index < -0.39 is 28.5 Å². The molecule has 0 aromatic heterocycles. The van der Waals surface area contributed by atoms with Crippen molar-refractivity contribution < 1.29 is 18.0 Å². The number of aryl methyl sites for hydroxylation is 4. The molecule has 0 aliphatic heterocycles. The highest BCUT2D eigenvalue weighted by molar-refractivity contribution is 7.92. The lowest BCUT2D eigenvalue weighted by Crippen LogP contribution is -2.54. The summed E-state index contributed by atoms with van der Waals surface area (Å²) in [6.45, 7) is 7.31. The molecular weight excluding hydrogens is 607 g/mol. The van der Waals surface area contributed by atoms with Crippen LogP contribution in [0.5, 0.6) is 0 Å². The smallest absolute Gasteiger partial charge is 0.264 e. The molecule has 4 aromatic rings. The van der Waals surface area contributed by atoms with Gasteiger partial charge in [0, 0.05) is 19.0 Å². The summed E-state index contributed by atoms with van der Waals surface area (Å²) in [6, 6.07) is 28.9. The van der Waals surface area contributed by atoms with Crippen LogP contribution in [-0.2, 0) is 32.6 Å². The second-order valence-corrected chi connectivity index (χ2v) is 14.6. The van der Waals surface area contributed by atoms with Gasteiger partial charge in [-0.05, 0) is 86.6 Å². The molecule has 0 saturated heterocycles. The Hall–Kier alpha value is -4.43. The van der Waals surface area contributed by atoms with Crippen molar-refractivity contribution in [1.82, 2.24) is 10.2 Å². The van der Waals surface area contributed by atoms with Gasteiger partial charge in [-0.3, -0.25) is 13.9 Å². The highest BCUT2D eigenvalue weighted by Crippen LogP contribution is 2.29. The Balaban J connectivity index is 1.60. The van der Waals surface area contributed by atoms with Gasteiger partial charge in [-0.1, -0.05) is 97.3 Å². The Morgan fingerprint density at radius 3 is 2.11 bits per heavy atom. The second-order valence-electron chi connectivity index (χ2n) is 12.8. The van der Waals surface area contributed by atoms with Crippen LogP contribution in [0.4, 0.5) is 5.69 Å². The number of carbonyl (C=O) groups is 2. The van der Waals surface area contributed by atoms with E-state index in [9.17, 15) is 18.0 Å². The van der Waals surface area contributed by atoms with E-state index in [-0.39, 0.29) is 23.4 Å². The molecule has 246 valence electrons. The quantitative estimate of drug-likeness (QED) is 0.182. The minimum absolute atomic E-state index is 0.0598. The topological polar surface area (TPSA) is 86.8 Å². The van der Waals surface area contributed by atoms with Crippen LogP contribution in [0.2, 0.25) is 0 Å². The van der Waals surface area contributed by atoms with E-state index in [0.29, 0.717) is 12.1 Å². The number of hydrogen-bond donors (Lipinski definition) is 1. The van der Waals surface area contributed by atoms with Crippen molar-refractivity contribution >= 4 is 27.5 Å². The largest absolute Gasteiger partial charge is 0.352 e. The molecule has 47 heavy (non-hydrogen) atoms. The van der Waals surface area contributed by atoms with Crippen LogP contribution in [0, 0.1) is 27.7 Å². The van der Waals surface area contributed by atoms with Crippen molar-refractivity contribution in [3.8, 4) is 0 Å². The predicted molar refractivity (Wildman–Crippen MR) is 188 cm³/mol. The van der Waals surface area contributed by atoms with Crippen LogP contribution in [0.3, 0.4) is 0 Å². The van der Waals surface area contributed by atoms with Gasteiger partial charge >= 0.3 is 0 Å². The fourth-order valence-electron chi connectivity index (χ4n) is 6.23. The zero-order valence-electron chi connectivity index (χ0n) is 27.8. The summed E-state index contributed by atoms with van der Waals surface area (Å²) in [5, 5.41) is 3.23. The van der Waals surface area contributed by atoms with Gasteiger partial charge in [-0.25, -0.2) is 8.42 Å². The lowest BCUT2D eigenvalue weighted by Gasteiger charge is -2.35. The molecule has 1 saturated carbocycles. The second kappa shape index (κ2) is 15.0. The fraction of sp³-hybridized carbons (Fsp3) is 0.333. The molecule has 0 spiro atoms. The van der Waals surface area contributed by atoms with Crippen LogP contribution < -0.4 is 9.62 Å². The number of benzene rings is 4. The van der Waals surface area contributed by atoms with Crippen LogP contribution in [0.1, 0.15) is 59.1 Å². The molecule has 1 unspecified atom stereocenters. The predicted octanol–water partition coefficient (Wildman–Crippen LogP) is 6.81. The van der Waals surface area contributed by atoms with Gasteiger partial charge in [0.05, 0.1) is 10.6 Å². The van der Waals surface area contributed by atoms with E-state index in [1.807, 2.05) is 94.4 Å². The summed E-state index contributed by atoms with van der Waals surface area (Å²) in [5.74, 6) is -0.672. The van der Waals surface area contributed by atoms with E-state index >= 15 is 0 Å². The zero-order chi connectivity index (χ0) is 33.6. The van der Waals surface area contributed by atoms with Crippen LogP contribution >= 0.6 is 0 Å². The van der Waals surface area contributed by atoms with Gasteiger partial charge in [0.25, 0.3) is 10.0 Å². The molecule has 1 aliphatic rings. The maximum absolute atomic E-state index is 14.8. The van der Waals surface area contributed by atoms with Gasteiger partial charge in [0.2, 0.25) is 11.8 Å².